The summed E-state index contributed by atoms with van der Waals surface area (Å²) in [5.41, 5.74) is 0. The van der Waals surface area contributed by atoms with Gasteiger partial charge in [0, 0.05) is 13.0 Å². The molecule has 0 N–H and O–H groups in total. The Morgan fingerprint density at radius 3 is 2.41 bits per heavy atom. The molecule has 1 rings (SSSR count). The first-order valence-corrected chi connectivity index (χ1v) is 9.85. The van der Waals surface area contributed by atoms with Gasteiger partial charge in [-0.3, -0.25) is 0 Å². The zero-order chi connectivity index (χ0) is 16.0. The molecule has 2 atom stereocenters. The highest BCUT2D eigenvalue weighted by molar-refractivity contribution is 5.75. The Kier molecular flexibility index (Phi) is 11.7. The number of ether oxygens (including phenoxy) is 1. The summed E-state index contributed by atoms with van der Waals surface area (Å²) >= 11 is 0. The fourth-order valence-corrected chi connectivity index (χ4v) is 3.63. The molecule has 1 fully saturated rings. The van der Waals surface area contributed by atoms with Gasteiger partial charge >= 0.3 is 0 Å². The number of hydrogen-bond acceptors (Lipinski definition) is 2. The molecule has 0 amide bonds. The molecule has 0 saturated carbocycles. The van der Waals surface area contributed by atoms with Gasteiger partial charge in [-0.25, -0.2) is 0 Å². The number of ketones is 1. The molecule has 130 valence electrons. The Bertz CT molecular complexity index is 275. The molecule has 2 nitrogen and oxygen atoms in total. The van der Waals surface area contributed by atoms with Crippen LogP contribution in [0, 0.1) is 5.92 Å². The van der Waals surface area contributed by atoms with E-state index in [9.17, 15) is 4.79 Å². The number of Topliss-reactive ketones (excluding diaryl/α,β-unsaturated/α-hetero) is 1. The molecule has 0 unspecified atom stereocenters. The van der Waals surface area contributed by atoms with Gasteiger partial charge in [-0.2, -0.15) is 0 Å². The van der Waals surface area contributed by atoms with Crippen LogP contribution in [-0.4, -0.2) is 18.5 Å². The van der Waals surface area contributed by atoms with Crippen molar-refractivity contribution in [2.75, 3.05) is 6.61 Å². The molecular weight excluding hydrogens is 272 g/mol. The van der Waals surface area contributed by atoms with Crippen LogP contribution in [0.2, 0.25) is 0 Å². The zero-order valence-electron chi connectivity index (χ0n) is 15.1. The van der Waals surface area contributed by atoms with E-state index in [4.69, 9.17) is 4.74 Å². The molecule has 0 aromatic heterocycles. The standard InChI is InChI=1S/C20H38O2/c1-3-4-5-6-7-11-16-20-19(15-12-17-22-20)14-10-8-9-13-18(2)21/h19-20H,3-17H2,1-2H3/t19-,20+/m0/s1. The highest BCUT2D eigenvalue weighted by Crippen LogP contribution is 2.29. The van der Waals surface area contributed by atoms with E-state index in [2.05, 4.69) is 6.92 Å². The Hall–Kier alpha value is -0.370. The van der Waals surface area contributed by atoms with Crippen molar-refractivity contribution < 1.29 is 9.53 Å². The van der Waals surface area contributed by atoms with Gasteiger partial charge in [0.2, 0.25) is 0 Å². The highest BCUT2D eigenvalue weighted by atomic mass is 16.5. The van der Waals surface area contributed by atoms with Gasteiger partial charge in [0.25, 0.3) is 0 Å². The minimum atomic E-state index is 0.335. The Morgan fingerprint density at radius 2 is 1.64 bits per heavy atom. The van der Waals surface area contributed by atoms with E-state index in [1.54, 1.807) is 6.92 Å². The summed E-state index contributed by atoms with van der Waals surface area (Å²) in [4.78, 5) is 11.0. The zero-order valence-corrected chi connectivity index (χ0v) is 15.1. The summed E-state index contributed by atoms with van der Waals surface area (Å²) in [6, 6.07) is 0. The lowest BCUT2D eigenvalue weighted by molar-refractivity contribution is -0.117. The number of rotatable bonds is 13. The SMILES string of the molecule is CCCCCCCC[C@H]1OCCC[C@@H]1CCCCCC(C)=O. The Morgan fingerprint density at radius 1 is 0.955 bits per heavy atom. The largest absolute Gasteiger partial charge is 0.378 e. The topological polar surface area (TPSA) is 26.3 Å². The lowest BCUT2D eigenvalue weighted by Gasteiger charge is -2.32. The van der Waals surface area contributed by atoms with Gasteiger partial charge in [0.15, 0.2) is 0 Å². The van der Waals surface area contributed by atoms with Gasteiger partial charge in [-0.15, -0.1) is 0 Å². The molecule has 22 heavy (non-hydrogen) atoms. The van der Waals surface area contributed by atoms with Crippen molar-refractivity contribution in [3.05, 3.63) is 0 Å². The van der Waals surface area contributed by atoms with Crippen molar-refractivity contribution in [1.29, 1.82) is 0 Å². The monoisotopic (exact) mass is 310 g/mol. The Balaban J connectivity index is 2.10. The van der Waals surface area contributed by atoms with E-state index in [1.165, 1.54) is 77.0 Å². The van der Waals surface area contributed by atoms with Gasteiger partial charge in [0.1, 0.15) is 5.78 Å². The maximum absolute atomic E-state index is 11.0. The second-order valence-electron chi connectivity index (χ2n) is 7.17. The molecule has 0 aliphatic carbocycles. The quantitative estimate of drug-likeness (QED) is 0.386. The van der Waals surface area contributed by atoms with Crippen molar-refractivity contribution in [1.82, 2.24) is 0 Å². The van der Waals surface area contributed by atoms with Crippen LogP contribution in [-0.2, 0) is 9.53 Å². The van der Waals surface area contributed by atoms with Crippen LogP contribution in [0.25, 0.3) is 0 Å². The summed E-state index contributed by atoms with van der Waals surface area (Å²) in [6.45, 7) is 4.95. The van der Waals surface area contributed by atoms with E-state index in [-0.39, 0.29) is 0 Å². The number of hydrogen-bond donors (Lipinski definition) is 0. The normalized spacial score (nSPS) is 21.9. The molecular formula is C20H38O2. The minimum absolute atomic E-state index is 0.335. The summed E-state index contributed by atoms with van der Waals surface area (Å²) in [5.74, 6) is 1.11. The predicted octanol–water partition coefficient (Wildman–Crippen LogP) is 6.07. The molecule has 0 spiro atoms. The van der Waals surface area contributed by atoms with E-state index in [0.717, 1.165) is 25.4 Å². The third kappa shape index (κ3) is 9.61. The molecule has 1 aliphatic heterocycles. The molecule has 1 aliphatic rings. The van der Waals surface area contributed by atoms with E-state index >= 15 is 0 Å². The van der Waals surface area contributed by atoms with Crippen LogP contribution in [0.15, 0.2) is 0 Å². The maximum atomic E-state index is 11.0. The van der Waals surface area contributed by atoms with Crippen LogP contribution in [0.5, 0.6) is 0 Å². The van der Waals surface area contributed by atoms with E-state index in [0.29, 0.717) is 11.9 Å². The van der Waals surface area contributed by atoms with Crippen LogP contribution in [0.1, 0.15) is 104 Å². The Labute approximate surface area is 138 Å². The summed E-state index contributed by atoms with van der Waals surface area (Å²) in [7, 11) is 0. The average Bonchev–Trinajstić information content (AvgIpc) is 2.51. The van der Waals surface area contributed by atoms with Crippen LogP contribution in [0.4, 0.5) is 0 Å². The lowest BCUT2D eigenvalue weighted by atomic mass is 9.86. The van der Waals surface area contributed by atoms with Crippen LogP contribution < -0.4 is 0 Å². The van der Waals surface area contributed by atoms with E-state index < -0.39 is 0 Å². The van der Waals surface area contributed by atoms with Crippen molar-refractivity contribution in [3.8, 4) is 0 Å². The third-order valence-corrected chi connectivity index (χ3v) is 5.02. The third-order valence-electron chi connectivity index (χ3n) is 5.02. The maximum Gasteiger partial charge on any atom is 0.129 e. The number of carbonyl (C=O) groups is 1. The summed E-state index contributed by atoms with van der Waals surface area (Å²) in [6.07, 6.45) is 18.3. The van der Waals surface area contributed by atoms with Crippen molar-refractivity contribution in [3.63, 3.8) is 0 Å². The van der Waals surface area contributed by atoms with Crippen molar-refractivity contribution in [2.45, 2.75) is 110 Å². The molecule has 0 aromatic carbocycles. The average molecular weight is 311 g/mol. The first kappa shape index (κ1) is 19.7. The second kappa shape index (κ2) is 13.1. The highest BCUT2D eigenvalue weighted by Gasteiger charge is 2.24. The van der Waals surface area contributed by atoms with Gasteiger partial charge in [-0.05, 0) is 44.9 Å². The number of unbranched alkanes of at least 4 members (excludes halogenated alkanes) is 7. The first-order valence-electron chi connectivity index (χ1n) is 9.85. The fourth-order valence-electron chi connectivity index (χ4n) is 3.63. The summed E-state index contributed by atoms with van der Waals surface area (Å²) < 4.78 is 6.06. The van der Waals surface area contributed by atoms with E-state index in [1.807, 2.05) is 0 Å². The summed E-state index contributed by atoms with van der Waals surface area (Å²) in [5, 5.41) is 0. The molecule has 1 saturated heterocycles. The minimum Gasteiger partial charge on any atom is -0.378 e. The molecule has 1 heterocycles. The van der Waals surface area contributed by atoms with Crippen LogP contribution in [0.3, 0.4) is 0 Å². The van der Waals surface area contributed by atoms with Crippen LogP contribution >= 0.6 is 0 Å². The van der Waals surface area contributed by atoms with Gasteiger partial charge in [-0.1, -0.05) is 58.3 Å². The molecule has 0 radical (unpaired) electrons. The van der Waals surface area contributed by atoms with Crippen molar-refractivity contribution >= 4 is 5.78 Å². The smallest absolute Gasteiger partial charge is 0.129 e. The molecule has 0 aromatic rings. The first-order chi connectivity index (χ1) is 10.7. The lowest BCUT2D eigenvalue weighted by Crippen LogP contribution is -2.29. The number of carbonyl (C=O) groups excluding carboxylic acids is 1. The molecule has 0 bridgehead atoms. The van der Waals surface area contributed by atoms with Gasteiger partial charge in [0.05, 0.1) is 6.10 Å². The van der Waals surface area contributed by atoms with Crippen molar-refractivity contribution in [2.24, 2.45) is 5.92 Å². The fraction of sp³-hybridized carbons (Fsp3) is 0.950. The molecule has 2 heteroatoms. The second-order valence-corrected chi connectivity index (χ2v) is 7.17. The predicted molar refractivity (Wildman–Crippen MR) is 94.2 cm³/mol. The van der Waals surface area contributed by atoms with Gasteiger partial charge < -0.3 is 9.53 Å².